The Bertz CT molecular complexity index is 687. The van der Waals surface area contributed by atoms with Gasteiger partial charge in [-0.15, -0.1) is 0 Å². The van der Waals surface area contributed by atoms with Gasteiger partial charge in [0.1, 0.15) is 5.82 Å². The molecule has 1 aromatic carbocycles. The van der Waals surface area contributed by atoms with Crippen LogP contribution in [0.15, 0.2) is 22.8 Å². The molecule has 21 heavy (non-hydrogen) atoms. The van der Waals surface area contributed by atoms with E-state index in [1.54, 1.807) is 6.07 Å². The molecule has 0 atom stereocenters. The lowest BCUT2D eigenvalue weighted by Crippen LogP contribution is -2.35. The molecule has 2 fully saturated rings. The van der Waals surface area contributed by atoms with Crippen LogP contribution in [0.5, 0.6) is 0 Å². The van der Waals surface area contributed by atoms with Gasteiger partial charge in [-0.2, -0.15) is 0 Å². The summed E-state index contributed by atoms with van der Waals surface area (Å²) in [6, 6.07) is 4.95. The van der Waals surface area contributed by atoms with E-state index in [-0.39, 0.29) is 5.82 Å². The second-order valence-corrected chi connectivity index (χ2v) is 8.18. The molecule has 1 aliphatic heterocycles. The summed E-state index contributed by atoms with van der Waals surface area (Å²) < 4.78 is 18.0. The highest BCUT2D eigenvalue weighted by Crippen LogP contribution is 2.36. The van der Waals surface area contributed by atoms with E-state index in [0.717, 1.165) is 16.9 Å². The monoisotopic (exact) mass is 462 g/mol. The van der Waals surface area contributed by atoms with Crippen LogP contribution in [0.2, 0.25) is 0 Å². The van der Waals surface area contributed by atoms with Crippen molar-refractivity contribution in [3.8, 4) is 0 Å². The van der Waals surface area contributed by atoms with Gasteiger partial charge in [0, 0.05) is 40.3 Å². The minimum absolute atomic E-state index is 0.173. The lowest BCUT2D eigenvalue weighted by molar-refractivity contribution is 0.180. The molecule has 0 N–H and O–H groups in total. The zero-order chi connectivity index (χ0) is 14.6. The molecular weight excluding hydrogens is 446 g/mol. The van der Waals surface area contributed by atoms with Crippen LogP contribution < -0.4 is 0 Å². The fourth-order valence-electron chi connectivity index (χ4n) is 3.47. The zero-order valence-electron chi connectivity index (χ0n) is 11.7. The highest BCUT2D eigenvalue weighted by molar-refractivity contribution is 14.1. The van der Waals surface area contributed by atoms with E-state index < -0.39 is 0 Å². The molecule has 1 saturated heterocycles. The Kier molecular flexibility index (Phi) is 3.78. The standard InChI is InChI=1S/C16H17BrFIN2/c17-13-7-12-15(19)9-21(16(12)8-14(13)18)11-3-5-20(6-4-11)10-1-2-10/h7-11H,1-6H2. The van der Waals surface area contributed by atoms with Crippen LogP contribution in [-0.4, -0.2) is 28.6 Å². The van der Waals surface area contributed by atoms with Gasteiger partial charge >= 0.3 is 0 Å². The number of aromatic nitrogens is 1. The molecule has 2 nitrogen and oxygen atoms in total. The van der Waals surface area contributed by atoms with Gasteiger partial charge in [0.25, 0.3) is 0 Å². The minimum atomic E-state index is -0.173. The van der Waals surface area contributed by atoms with E-state index >= 15 is 0 Å². The van der Waals surface area contributed by atoms with Crippen LogP contribution in [0.25, 0.3) is 10.9 Å². The lowest BCUT2D eigenvalue weighted by Gasteiger charge is -2.33. The molecule has 0 unspecified atom stereocenters. The summed E-state index contributed by atoms with van der Waals surface area (Å²) in [5.74, 6) is -0.173. The molecule has 0 radical (unpaired) electrons. The third kappa shape index (κ3) is 2.65. The number of fused-ring (bicyclic) bond motifs is 1. The zero-order valence-corrected chi connectivity index (χ0v) is 15.4. The Balaban J connectivity index is 1.65. The van der Waals surface area contributed by atoms with Gasteiger partial charge in [-0.25, -0.2) is 4.39 Å². The first-order valence-corrected chi connectivity index (χ1v) is 9.40. The minimum Gasteiger partial charge on any atom is -0.343 e. The summed E-state index contributed by atoms with van der Waals surface area (Å²) in [7, 11) is 0. The van der Waals surface area contributed by atoms with Crippen LogP contribution in [0.4, 0.5) is 4.39 Å². The van der Waals surface area contributed by atoms with E-state index in [1.165, 1.54) is 42.3 Å². The summed E-state index contributed by atoms with van der Waals surface area (Å²) in [6.07, 6.45) is 7.30. The van der Waals surface area contributed by atoms with E-state index in [4.69, 9.17) is 0 Å². The van der Waals surface area contributed by atoms with Crippen molar-refractivity contribution in [2.24, 2.45) is 0 Å². The highest BCUT2D eigenvalue weighted by atomic mass is 127. The molecule has 4 rings (SSSR count). The molecule has 2 aliphatic rings. The van der Waals surface area contributed by atoms with E-state index in [2.05, 4.69) is 54.2 Å². The van der Waals surface area contributed by atoms with Crippen molar-refractivity contribution in [3.63, 3.8) is 0 Å². The van der Waals surface area contributed by atoms with Crippen molar-refractivity contribution in [2.45, 2.75) is 37.8 Å². The summed E-state index contributed by atoms with van der Waals surface area (Å²) in [5, 5.41) is 1.15. The predicted octanol–water partition coefficient (Wildman–Crippen LogP) is 4.95. The lowest BCUT2D eigenvalue weighted by atomic mass is 10.0. The number of nitrogens with zero attached hydrogens (tertiary/aromatic N) is 2. The molecule has 5 heteroatoms. The second-order valence-electron chi connectivity index (χ2n) is 6.17. The van der Waals surface area contributed by atoms with Gasteiger partial charge in [0.05, 0.1) is 9.99 Å². The number of hydrogen-bond donors (Lipinski definition) is 0. The highest BCUT2D eigenvalue weighted by Gasteiger charge is 2.32. The first-order valence-electron chi connectivity index (χ1n) is 7.52. The van der Waals surface area contributed by atoms with Crippen LogP contribution in [0, 0.1) is 9.39 Å². The van der Waals surface area contributed by atoms with Crippen molar-refractivity contribution in [1.29, 1.82) is 0 Å². The Labute approximate surface area is 145 Å². The van der Waals surface area contributed by atoms with Crippen molar-refractivity contribution >= 4 is 49.4 Å². The second kappa shape index (κ2) is 5.49. The van der Waals surface area contributed by atoms with Gasteiger partial charge in [-0.05, 0) is 76.3 Å². The Morgan fingerprint density at radius 1 is 1.10 bits per heavy atom. The number of halogens is 3. The van der Waals surface area contributed by atoms with Crippen LogP contribution in [0.3, 0.4) is 0 Å². The molecule has 0 amide bonds. The normalized spacial score (nSPS) is 21.3. The van der Waals surface area contributed by atoms with Crippen LogP contribution >= 0.6 is 38.5 Å². The van der Waals surface area contributed by atoms with Gasteiger partial charge < -0.3 is 9.47 Å². The van der Waals surface area contributed by atoms with Crippen molar-refractivity contribution < 1.29 is 4.39 Å². The first kappa shape index (κ1) is 14.5. The fourth-order valence-corrected chi connectivity index (χ4v) is 4.55. The SMILES string of the molecule is Fc1cc2c(cc1Br)c(I)cn2C1CCN(C2CC2)CC1. The summed E-state index contributed by atoms with van der Waals surface area (Å²) >= 11 is 5.65. The number of piperidine rings is 1. The van der Waals surface area contributed by atoms with Crippen molar-refractivity contribution in [3.05, 3.63) is 32.2 Å². The Hall–Kier alpha value is -0.140. The Morgan fingerprint density at radius 2 is 1.81 bits per heavy atom. The van der Waals surface area contributed by atoms with Gasteiger partial charge in [0.2, 0.25) is 0 Å². The van der Waals surface area contributed by atoms with Gasteiger partial charge in [0.15, 0.2) is 0 Å². The molecule has 1 aromatic heterocycles. The molecular formula is C16H17BrFIN2. The number of rotatable bonds is 2. The molecule has 0 bridgehead atoms. The molecule has 1 aliphatic carbocycles. The number of benzene rings is 1. The quantitative estimate of drug-likeness (QED) is 0.573. The van der Waals surface area contributed by atoms with E-state index in [1.807, 2.05) is 6.07 Å². The number of hydrogen-bond acceptors (Lipinski definition) is 1. The van der Waals surface area contributed by atoms with Crippen molar-refractivity contribution in [1.82, 2.24) is 9.47 Å². The number of likely N-dealkylation sites (tertiary alicyclic amines) is 1. The molecule has 0 spiro atoms. The summed E-state index contributed by atoms with van der Waals surface area (Å²) in [4.78, 5) is 2.63. The maximum Gasteiger partial charge on any atom is 0.139 e. The fraction of sp³-hybridized carbons (Fsp3) is 0.500. The third-order valence-corrected chi connectivity index (χ3v) is 6.25. The molecule has 2 heterocycles. The van der Waals surface area contributed by atoms with Crippen LogP contribution in [0.1, 0.15) is 31.7 Å². The largest absolute Gasteiger partial charge is 0.343 e. The van der Waals surface area contributed by atoms with Crippen molar-refractivity contribution in [2.75, 3.05) is 13.1 Å². The maximum absolute atomic E-state index is 13.9. The molecule has 2 aromatic rings. The van der Waals surface area contributed by atoms with Crippen LogP contribution in [-0.2, 0) is 0 Å². The summed E-state index contributed by atoms with van der Waals surface area (Å²) in [5.41, 5.74) is 1.03. The molecule has 1 saturated carbocycles. The van der Waals surface area contributed by atoms with Gasteiger partial charge in [-0.3, -0.25) is 0 Å². The van der Waals surface area contributed by atoms with E-state index in [0.29, 0.717) is 10.5 Å². The first-order chi connectivity index (χ1) is 10.1. The topological polar surface area (TPSA) is 8.17 Å². The summed E-state index contributed by atoms with van der Waals surface area (Å²) in [6.45, 7) is 2.37. The predicted molar refractivity (Wildman–Crippen MR) is 95.2 cm³/mol. The average Bonchev–Trinajstić information content (AvgIpc) is 3.28. The van der Waals surface area contributed by atoms with E-state index in [9.17, 15) is 4.39 Å². The van der Waals surface area contributed by atoms with Gasteiger partial charge in [-0.1, -0.05) is 0 Å². The smallest absolute Gasteiger partial charge is 0.139 e. The third-order valence-electron chi connectivity index (χ3n) is 4.78. The molecule has 112 valence electrons. The average molecular weight is 463 g/mol. The maximum atomic E-state index is 13.9. The Morgan fingerprint density at radius 3 is 2.48 bits per heavy atom.